The molecule has 0 N–H and O–H groups in total. The van der Waals surface area contributed by atoms with Crippen molar-refractivity contribution in [3.63, 3.8) is 0 Å². The number of hydrogen-bond donors (Lipinski definition) is 0. The highest BCUT2D eigenvalue weighted by Gasteiger charge is 2.29. The van der Waals surface area contributed by atoms with E-state index in [1.165, 1.54) is 10.4 Å². The van der Waals surface area contributed by atoms with Crippen molar-refractivity contribution in [1.82, 2.24) is 9.21 Å². The van der Waals surface area contributed by atoms with Gasteiger partial charge in [0.1, 0.15) is 5.75 Å². The van der Waals surface area contributed by atoms with Crippen LogP contribution in [-0.4, -0.2) is 50.4 Å². The van der Waals surface area contributed by atoms with E-state index in [9.17, 15) is 17.2 Å². The lowest BCUT2D eigenvalue weighted by Gasteiger charge is -2.34. The minimum Gasteiger partial charge on any atom is -0.433 e. The number of sulfonamides is 1. The number of nitrogens with zero attached hydrogens (tertiary/aromatic N) is 3. The van der Waals surface area contributed by atoms with E-state index in [0.717, 1.165) is 17.7 Å². The highest BCUT2D eigenvalue weighted by Crippen LogP contribution is 2.30. The van der Waals surface area contributed by atoms with E-state index in [0.29, 0.717) is 38.3 Å². The molecule has 0 radical (unpaired) electrons. The zero-order chi connectivity index (χ0) is 21.0. The lowest BCUT2D eigenvalue weighted by molar-refractivity contribution is -0.0498. The average molecular weight is 442 g/mol. The van der Waals surface area contributed by atoms with Crippen LogP contribution in [0.5, 0.6) is 5.75 Å². The topological polar surface area (TPSA) is 73.6 Å². The molecule has 0 bridgehead atoms. The molecule has 2 aromatic carbocycles. The van der Waals surface area contributed by atoms with Crippen LogP contribution in [0.2, 0.25) is 5.02 Å². The molecular weight excluding hydrogens is 424 g/mol. The fourth-order valence-corrected chi connectivity index (χ4v) is 4.79. The molecule has 10 heteroatoms. The Hall–Kier alpha value is -2.25. The molecule has 0 aliphatic carbocycles. The SMILES string of the molecule is N#Cc1ccc(CN2CCN(S(=O)(=O)c3ccc(OC(F)F)c(Cl)c3)CC2)cc1. The molecule has 154 valence electrons. The van der Waals surface area contributed by atoms with Crippen molar-refractivity contribution in [1.29, 1.82) is 5.26 Å². The molecule has 1 fully saturated rings. The summed E-state index contributed by atoms with van der Waals surface area (Å²) < 4.78 is 55.9. The second kappa shape index (κ2) is 9.05. The Bertz CT molecular complexity index is 1000. The van der Waals surface area contributed by atoms with Crippen molar-refractivity contribution >= 4 is 21.6 Å². The molecule has 1 aliphatic heterocycles. The van der Waals surface area contributed by atoms with Gasteiger partial charge in [-0.15, -0.1) is 0 Å². The van der Waals surface area contributed by atoms with Crippen LogP contribution in [0, 0.1) is 11.3 Å². The van der Waals surface area contributed by atoms with Gasteiger partial charge in [-0.3, -0.25) is 4.90 Å². The summed E-state index contributed by atoms with van der Waals surface area (Å²) in [4.78, 5) is 2.06. The average Bonchev–Trinajstić information content (AvgIpc) is 2.70. The van der Waals surface area contributed by atoms with Crippen LogP contribution < -0.4 is 4.74 Å². The first kappa shape index (κ1) is 21.5. The second-order valence-corrected chi connectivity index (χ2v) is 8.80. The van der Waals surface area contributed by atoms with Gasteiger partial charge in [0, 0.05) is 32.7 Å². The van der Waals surface area contributed by atoms with Crippen LogP contribution in [0.3, 0.4) is 0 Å². The third-order valence-corrected chi connectivity index (χ3v) is 6.77. The summed E-state index contributed by atoms with van der Waals surface area (Å²) in [6.07, 6.45) is 0. The highest BCUT2D eigenvalue weighted by molar-refractivity contribution is 7.89. The van der Waals surface area contributed by atoms with E-state index in [2.05, 4.69) is 15.7 Å². The zero-order valence-corrected chi connectivity index (χ0v) is 16.8. The number of rotatable bonds is 6. The molecule has 2 aromatic rings. The van der Waals surface area contributed by atoms with Crippen LogP contribution in [-0.2, 0) is 16.6 Å². The van der Waals surface area contributed by atoms with Crippen molar-refractivity contribution in [2.75, 3.05) is 26.2 Å². The highest BCUT2D eigenvalue weighted by atomic mass is 35.5. The summed E-state index contributed by atoms with van der Waals surface area (Å²) in [7, 11) is -3.79. The van der Waals surface area contributed by atoms with Gasteiger partial charge >= 0.3 is 6.61 Å². The maximum absolute atomic E-state index is 12.8. The van der Waals surface area contributed by atoms with Gasteiger partial charge < -0.3 is 4.74 Å². The number of hydrogen-bond acceptors (Lipinski definition) is 5. The maximum atomic E-state index is 12.8. The van der Waals surface area contributed by atoms with Crippen LogP contribution in [0.4, 0.5) is 8.78 Å². The molecule has 0 atom stereocenters. The molecular formula is C19H18ClF2N3O3S. The Morgan fingerprint density at radius 2 is 1.76 bits per heavy atom. The smallest absolute Gasteiger partial charge is 0.387 e. The maximum Gasteiger partial charge on any atom is 0.387 e. The number of halogens is 3. The quantitative estimate of drug-likeness (QED) is 0.687. The number of benzene rings is 2. The molecule has 3 rings (SSSR count). The Morgan fingerprint density at radius 1 is 1.10 bits per heavy atom. The summed E-state index contributed by atoms with van der Waals surface area (Å²) in [5.74, 6) is -0.271. The predicted molar refractivity (Wildman–Crippen MR) is 103 cm³/mol. The van der Waals surface area contributed by atoms with Gasteiger partial charge in [0.2, 0.25) is 10.0 Å². The molecule has 1 heterocycles. The molecule has 6 nitrogen and oxygen atoms in total. The van der Waals surface area contributed by atoms with Gasteiger partial charge in [0.15, 0.2) is 0 Å². The van der Waals surface area contributed by atoms with E-state index in [1.54, 1.807) is 12.1 Å². The first-order chi connectivity index (χ1) is 13.8. The van der Waals surface area contributed by atoms with E-state index in [-0.39, 0.29) is 15.7 Å². The largest absolute Gasteiger partial charge is 0.433 e. The van der Waals surface area contributed by atoms with Gasteiger partial charge in [-0.1, -0.05) is 23.7 Å². The summed E-state index contributed by atoms with van der Waals surface area (Å²) in [6.45, 7) is -0.708. The number of piperazine rings is 1. The Kier molecular flexibility index (Phi) is 6.70. The minimum atomic E-state index is -3.79. The first-order valence-corrected chi connectivity index (χ1v) is 10.6. The van der Waals surface area contributed by atoms with Crippen LogP contribution in [0.25, 0.3) is 0 Å². The van der Waals surface area contributed by atoms with Crippen molar-refractivity contribution in [2.24, 2.45) is 0 Å². The fourth-order valence-electron chi connectivity index (χ4n) is 3.05. The zero-order valence-electron chi connectivity index (χ0n) is 15.3. The molecule has 1 saturated heterocycles. The predicted octanol–water partition coefficient (Wildman–Crippen LogP) is 3.32. The molecule has 0 spiro atoms. The van der Waals surface area contributed by atoms with Gasteiger partial charge in [-0.2, -0.15) is 18.3 Å². The third-order valence-electron chi connectivity index (χ3n) is 4.58. The standard InChI is InChI=1S/C19H18ClF2N3O3S/c20-17-11-16(5-6-18(17)28-19(21)22)29(26,27)25-9-7-24(8-10-25)13-15-3-1-14(12-23)2-4-15/h1-6,11,19H,7-10,13H2. The van der Waals surface area contributed by atoms with Crippen LogP contribution in [0.1, 0.15) is 11.1 Å². The minimum absolute atomic E-state index is 0.0651. The van der Waals surface area contributed by atoms with Gasteiger partial charge in [0.05, 0.1) is 21.6 Å². The number of nitriles is 1. The van der Waals surface area contributed by atoms with Gasteiger partial charge in [-0.05, 0) is 35.9 Å². The normalized spacial score (nSPS) is 16.0. The number of ether oxygens (including phenoxy) is 1. The van der Waals surface area contributed by atoms with Crippen LogP contribution in [0.15, 0.2) is 47.4 Å². The Morgan fingerprint density at radius 3 is 2.31 bits per heavy atom. The van der Waals surface area contributed by atoms with Crippen LogP contribution >= 0.6 is 11.6 Å². The fraction of sp³-hybridized carbons (Fsp3) is 0.316. The lowest BCUT2D eigenvalue weighted by Crippen LogP contribution is -2.48. The second-order valence-electron chi connectivity index (χ2n) is 6.46. The summed E-state index contributed by atoms with van der Waals surface area (Å²) in [5, 5.41) is 8.66. The van der Waals surface area contributed by atoms with Crippen molar-refractivity contribution in [2.45, 2.75) is 18.1 Å². The summed E-state index contributed by atoms with van der Waals surface area (Å²) in [6, 6.07) is 12.8. The molecule has 29 heavy (non-hydrogen) atoms. The molecule has 0 saturated carbocycles. The van der Waals surface area contributed by atoms with E-state index >= 15 is 0 Å². The van der Waals surface area contributed by atoms with Crippen molar-refractivity contribution in [3.05, 3.63) is 58.6 Å². The number of alkyl halides is 2. The lowest BCUT2D eigenvalue weighted by atomic mass is 10.1. The van der Waals surface area contributed by atoms with E-state index < -0.39 is 16.6 Å². The third kappa shape index (κ3) is 5.22. The summed E-state index contributed by atoms with van der Waals surface area (Å²) >= 11 is 5.88. The van der Waals surface area contributed by atoms with Crippen molar-refractivity contribution < 1.29 is 21.9 Å². The van der Waals surface area contributed by atoms with E-state index in [1.807, 2.05) is 12.1 Å². The van der Waals surface area contributed by atoms with Gasteiger partial charge in [-0.25, -0.2) is 8.42 Å². The Labute approximate surface area is 172 Å². The van der Waals surface area contributed by atoms with E-state index in [4.69, 9.17) is 16.9 Å². The van der Waals surface area contributed by atoms with Crippen molar-refractivity contribution in [3.8, 4) is 11.8 Å². The van der Waals surface area contributed by atoms with Gasteiger partial charge in [0.25, 0.3) is 0 Å². The molecule has 0 unspecified atom stereocenters. The summed E-state index contributed by atoms with van der Waals surface area (Å²) in [5.41, 5.74) is 1.63. The Balaban J connectivity index is 1.63. The molecule has 0 amide bonds. The molecule has 0 aromatic heterocycles. The first-order valence-electron chi connectivity index (χ1n) is 8.75. The monoisotopic (exact) mass is 441 g/mol. The molecule has 1 aliphatic rings.